The van der Waals surface area contributed by atoms with Gasteiger partial charge in [-0.3, -0.25) is 14.5 Å². The highest BCUT2D eigenvalue weighted by atomic mass is 32.2. The number of esters is 1. The van der Waals surface area contributed by atoms with Crippen molar-refractivity contribution in [3.05, 3.63) is 40.9 Å². The van der Waals surface area contributed by atoms with E-state index in [1.807, 2.05) is 30.5 Å². The van der Waals surface area contributed by atoms with Crippen LogP contribution in [0.3, 0.4) is 0 Å². The standard InChI is InChI=1S/C20H22N2O4S/c1-5-12(2)21-11-14(15-8-6-7-9-16(15)21)10-17-18(23)22(20(25)27-17)13(3)19(24)26-4/h6-13H,5H2,1-4H3/b17-10+/t12-,13-/m1/s1. The Morgan fingerprint density at radius 3 is 2.63 bits per heavy atom. The molecule has 0 radical (unpaired) electrons. The van der Waals surface area contributed by atoms with E-state index in [0.29, 0.717) is 10.9 Å². The van der Waals surface area contributed by atoms with Crippen LogP contribution in [0.5, 0.6) is 0 Å². The lowest BCUT2D eigenvalue weighted by atomic mass is 10.1. The minimum atomic E-state index is -0.949. The number of methoxy groups -OCH3 is 1. The van der Waals surface area contributed by atoms with Crippen LogP contribution < -0.4 is 0 Å². The molecule has 0 bridgehead atoms. The molecule has 0 aliphatic carbocycles. The Balaban J connectivity index is 2.02. The molecule has 3 rings (SSSR count). The summed E-state index contributed by atoms with van der Waals surface area (Å²) in [5, 5.41) is 0.556. The molecule has 1 saturated heterocycles. The zero-order chi connectivity index (χ0) is 19.7. The molecule has 2 heterocycles. The summed E-state index contributed by atoms with van der Waals surface area (Å²) in [6.45, 7) is 5.75. The number of nitrogens with zero attached hydrogens (tertiary/aromatic N) is 2. The van der Waals surface area contributed by atoms with Gasteiger partial charge in [-0.05, 0) is 44.2 Å². The smallest absolute Gasteiger partial charge is 0.328 e. The molecule has 142 valence electrons. The van der Waals surface area contributed by atoms with Crippen LogP contribution in [0.2, 0.25) is 0 Å². The number of ether oxygens (including phenoxy) is 1. The first-order valence-corrected chi connectivity index (χ1v) is 9.65. The van der Waals surface area contributed by atoms with Gasteiger partial charge in [0.15, 0.2) is 0 Å². The Morgan fingerprint density at radius 1 is 1.26 bits per heavy atom. The zero-order valence-corrected chi connectivity index (χ0v) is 16.6. The van der Waals surface area contributed by atoms with Crippen molar-refractivity contribution in [1.29, 1.82) is 0 Å². The van der Waals surface area contributed by atoms with Crippen LogP contribution in [0.25, 0.3) is 17.0 Å². The Kier molecular flexibility index (Phi) is 5.41. The molecule has 1 aromatic heterocycles. The number of hydrogen-bond donors (Lipinski definition) is 0. The van der Waals surface area contributed by atoms with Crippen molar-refractivity contribution in [3.8, 4) is 0 Å². The molecule has 7 heteroatoms. The fourth-order valence-electron chi connectivity index (χ4n) is 3.14. The number of fused-ring (bicyclic) bond motifs is 1. The van der Waals surface area contributed by atoms with Gasteiger partial charge < -0.3 is 9.30 Å². The van der Waals surface area contributed by atoms with Crippen molar-refractivity contribution in [2.75, 3.05) is 7.11 Å². The molecule has 0 N–H and O–H groups in total. The van der Waals surface area contributed by atoms with Crippen molar-refractivity contribution >= 4 is 45.9 Å². The number of carbonyl (C=O) groups excluding carboxylic acids is 3. The maximum Gasteiger partial charge on any atom is 0.328 e. The zero-order valence-electron chi connectivity index (χ0n) is 15.8. The number of carbonyl (C=O) groups is 3. The normalized spacial score (nSPS) is 18.4. The molecular formula is C20H22N2O4S. The number of benzene rings is 1. The lowest BCUT2D eigenvalue weighted by molar-refractivity contribution is -0.148. The van der Waals surface area contributed by atoms with Crippen LogP contribution in [0.4, 0.5) is 4.79 Å². The van der Waals surface area contributed by atoms with Gasteiger partial charge in [0.1, 0.15) is 6.04 Å². The SMILES string of the molecule is CC[C@@H](C)n1cc(/C=C2/SC(=O)N([C@H](C)C(=O)OC)C2=O)c2ccccc21. The van der Waals surface area contributed by atoms with Crippen molar-refractivity contribution in [2.45, 2.75) is 39.3 Å². The molecule has 1 aromatic carbocycles. The predicted octanol–water partition coefficient (Wildman–Crippen LogP) is 4.21. The first kappa shape index (κ1) is 19.2. The summed E-state index contributed by atoms with van der Waals surface area (Å²) in [6, 6.07) is 7.34. The summed E-state index contributed by atoms with van der Waals surface area (Å²) in [5.41, 5.74) is 1.96. The second-order valence-corrected chi connectivity index (χ2v) is 7.51. The Bertz CT molecular complexity index is 947. The summed E-state index contributed by atoms with van der Waals surface area (Å²) in [5.74, 6) is -1.09. The van der Waals surface area contributed by atoms with E-state index in [9.17, 15) is 14.4 Å². The van der Waals surface area contributed by atoms with E-state index in [4.69, 9.17) is 0 Å². The van der Waals surface area contributed by atoms with Crippen LogP contribution in [0.15, 0.2) is 35.4 Å². The highest BCUT2D eigenvalue weighted by Crippen LogP contribution is 2.36. The third-order valence-corrected chi connectivity index (χ3v) is 5.76. The summed E-state index contributed by atoms with van der Waals surface area (Å²) in [7, 11) is 1.23. The van der Waals surface area contributed by atoms with Gasteiger partial charge in [-0.15, -0.1) is 0 Å². The van der Waals surface area contributed by atoms with E-state index in [1.165, 1.54) is 14.0 Å². The van der Waals surface area contributed by atoms with Gasteiger partial charge in [-0.25, -0.2) is 4.79 Å². The maximum atomic E-state index is 12.7. The number of aromatic nitrogens is 1. The van der Waals surface area contributed by atoms with Crippen LogP contribution in [-0.2, 0) is 14.3 Å². The molecule has 2 atom stereocenters. The number of imide groups is 1. The molecular weight excluding hydrogens is 364 g/mol. The molecule has 0 unspecified atom stereocenters. The van der Waals surface area contributed by atoms with Crippen LogP contribution >= 0.6 is 11.8 Å². The lowest BCUT2D eigenvalue weighted by Crippen LogP contribution is -2.42. The Morgan fingerprint density at radius 2 is 1.96 bits per heavy atom. The highest BCUT2D eigenvalue weighted by molar-refractivity contribution is 8.18. The van der Waals surface area contributed by atoms with E-state index in [1.54, 1.807) is 6.08 Å². The Hall–Kier alpha value is -2.54. The average molecular weight is 386 g/mol. The van der Waals surface area contributed by atoms with E-state index < -0.39 is 23.2 Å². The van der Waals surface area contributed by atoms with Crippen molar-refractivity contribution in [3.63, 3.8) is 0 Å². The maximum absolute atomic E-state index is 12.7. The van der Waals surface area contributed by atoms with Crippen LogP contribution in [0.1, 0.15) is 38.8 Å². The first-order valence-electron chi connectivity index (χ1n) is 8.83. The van der Waals surface area contributed by atoms with Gasteiger partial charge in [0.05, 0.1) is 12.0 Å². The van der Waals surface area contributed by atoms with Crippen molar-refractivity contribution in [2.24, 2.45) is 0 Å². The van der Waals surface area contributed by atoms with Gasteiger partial charge in [-0.2, -0.15) is 0 Å². The predicted molar refractivity (Wildman–Crippen MR) is 106 cm³/mol. The van der Waals surface area contributed by atoms with E-state index in [2.05, 4.69) is 23.2 Å². The minimum absolute atomic E-state index is 0.308. The van der Waals surface area contributed by atoms with E-state index in [0.717, 1.165) is 39.5 Å². The molecule has 1 fully saturated rings. The van der Waals surface area contributed by atoms with Crippen molar-refractivity contribution in [1.82, 2.24) is 9.47 Å². The average Bonchev–Trinajstić information content (AvgIpc) is 3.17. The number of amides is 2. The fourth-order valence-corrected chi connectivity index (χ4v) is 4.04. The van der Waals surface area contributed by atoms with Gasteiger partial charge in [0, 0.05) is 28.7 Å². The first-order chi connectivity index (χ1) is 12.9. The second-order valence-electron chi connectivity index (χ2n) is 6.52. The minimum Gasteiger partial charge on any atom is -0.467 e. The van der Waals surface area contributed by atoms with Gasteiger partial charge in [0.2, 0.25) is 0 Å². The molecule has 1 aliphatic heterocycles. The molecule has 6 nitrogen and oxygen atoms in total. The fraction of sp³-hybridized carbons (Fsp3) is 0.350. The summed E-state index contributed by atoms with van der Waals surface area (Å²) in [4.78, 5) is 38.0. The molecule has 0 spiro atoms. The summed E-state index contributed by atoms with van der Waals surface area (Å²) < 4.78 is 6.84. The Labute approximate surface area is 162 Å². The van der Waals surface area contributed by atoms with E-state index in [-0.39, 0.29) is 0 Å². The molecule has 2 amide bonds. The second kappa shape index (κ2) is 7.60. The van der Waals surface area contributed by atoms with Crippen LogP contribution in [0, 0.1) is 0 Å². The largest absolute Gasteiger partial charge is 0.467 e. The molecule has 2 aromatic rings. The number of para-hydroxylation sites is 1. The van der Waals surface area contributed by atoms with Crippen LogP contribution in [-0.4, -0.2) is 39.7 Å². The van der Waals surface area contributed by atoms with E-state index >= 15 is 0 Å². The topological polar surface area (TPSA) is 68.6 Å². The highest BCUT2D eigenvalue weighted by Gasteiger charge is 2.41. The lowest BCUT2D eigenvalue weighted by Gasteiger charge is -2.18. The van der Waals surface area contributed by atoms with Gasteiger partial charge in [-0.1, -0.05) is 25.1 Å². The molecule has 27 heavy (non-hydrogen) atoms. The monoisotopic (exact) mass is 386 g/mol. The number of hydrogen-bond acceptors (Lipinski definition) is 5. The summed E-state index contributed by atoms with van der Waals surface area (Å²) >= 11 is 0.846. The third kappa shape index (κ3) is 3.39. The van der Waals surface area contributed by atoms with Gasteiger partial charge in [0.25, 0.3) is 11.1 Å². The molecule has 0 saturated carbocycles. The number of rotatable bonds is 5. The number of thioether (sulfide) groups is 1. The quantitative estimate of drug-likeness (QED) is 0.569. The third-order valence-electron chi connectivity index (χ3n) is 4.88. The molecule has 1 aliphatic rings. The van der Waals surface area contributed by atoms with Gasteiger partial charge >= 0.3 is 5.97 Å². The summed E-state index contributed by atoms with van der Waals surface area (Å²) in [6.07, 6.45) is 4.72. The van der Waals surface area contributed by atoms with Crippen molar-refractivity contribution < 1.29 is 19.1 Å².